The fourth-order valence-electron chi connectivity index (χ4n) is 1.19. The van der Waals surface area contributed by atoms with Gasteiger partial charge in [-0.2, -0.15) is 0 Å². The molecule has 0 saturated heterocycles. The lowest BCUT2D eigenvalue weighted by Crippen LogP contribution is -2.26. The summed E-state index contributed by atoms with van der Waals surface area (Å²) >= 11 is 0. The van der Waals surface area contributed by atoms with E-state index in [-0.39, 0.29) is 5.97 Å². The van der Waals surface area contributed by atoms with Crippen molar-refractivity contribution < 1.29 is 9.53 Å². The quantitative estimate of drug-likeness (QED) is 0.524. The van der Waals surface area contributed by atoms with Crippen LogP contribution in [0.1, 0.15) is 33.6 Å². The van der Waals surface area contributed by atoms with Gasteiger partial charge in [0, 0.05) is 18.2 Å². The number of esters is 1. The second-order valence-electron chi connectivity index (χ2n) is 3.48. The zero-order valence-electron chi connectivity index (χ0n) is 9.59. The fraction of sp³-hybridized carbons (Fsp3) is 0.727. The molecule has 0 amide bonds. The van der Waals surface area contributed by atoms with E-state index in [2.05, 4.69) is 23.9 Å². The molecule has 0 radical (unpaired) electrons. The molecule has 0 aromatic heterocycles. The third kappa shape index (κ3) is 5.75. The first-order chi connectivity index (χ1) is 6.61. The van der Waals surface area contributed by atoms with Gasteiger partial charge in [0.05, 0.1) is 7.11 Å². The van der Waals surface area contributed by atoms with E-state index in [0.717, 1.165) is 13.0 Å². The summed E-state index contributed by atoms with van der Waals surface area (Å²) < 4.78 is 4.58. The van der Waals surface area contributed by atoms with Gasteiger partial charge in [-0.1, -0.05) is 19.4 Å². The van der Waals surface area contributed by atoms with E-state index in [1.807, 2.05) is 6.08 Å². The molecular formula is C11H21NO2. The van der Waals surface area contributed by atoms with Crippen molar-refractivity contribution in [3.63, 3.8) is 0 Å². The van der Waals surface area contributed by atoms with E-state index in [4.69, 9.17) is 0 Å². The molecule has 0 fully saturated rings. The Bertz CT molecular complexity index is 199. The van der Waals surface area contributed by atoms with E-state index in [0.29, 0.717) is 11.6 Å². The van der Waals surface area contributed by atoms with Crippen molar-refractivity contribution in [2.75, 3.05) is 13.7 Å². The zero-order chi connectivity index (χ0) is 11.0. The standard InChI is InChI=1S/C11H21NO2/c1-5-6-10(3)12-8-7-9(2)11(13)14-4/h7,10,12H,5-6,8H2,1-4H3/b9-7-. The molecule has 0 aromatic rings. The van der Waals surface area contributed by atoms with Crippen LogP contribution in [0.15, 0.2) is 11.6 Å². The molecule has 82 valence electrons. The maximum absolute atomic E-state index is 11.0. The largest absolute Gasteiger partial charge is 0.466 e. The highest BCUT2D eigenvalue weighted by atomic mass is 16.5. The first-order valence-corrected chi connectivity index (χ1v) is 5.10. The van der Waals surface area contributed by atoms with Gasteiger partial charge in [0.15, 0.2) is 0 Å². The number of nitrogens with one attached hydrogen (secondary N) is 1. The molecule has 3 heteroatoms. The minimum atomic E-state index is -0.255. The van der Waals surface area contributed by atoms with Crippen LogP contribution < -0.4 is 5.32 Å². The lowest BCUT2D eigenvalue weighted by Gasteiger charge is -2.10. The summed E-state index contributed by atoms with van der Waals surface area (Å²) in [4.78, 5) is 11.0. The first-order valence-electron chi connectivity index (χ1n) is 5.10. The summed E-state index contributed by atoms with van der Waals surface area (Å²) in [6.07, 6.45) is 4.19. The van der Waals surface area contributed by atoms with Crippen LogP contribution in [0.25, 0.3) is 0 Å². The molecule has 1 atom stereocenters. The smallest absolute Gasteiger partial charge is 0.333 e. The van der Waals surface area contributed by atoms with E-state index >= 15 is 0 Å². The van der Waals surface area contributed by atoms with Crippen molar-refractivity contribution in [3.05, 3.63) is 11.6 Å². The Hall–Kier alpha value is -0.830. The van der Waals surface area contributed by atoms with Crippen molar-refractivity contribution in [1.82, 2.24) is 5.32 Å². The highest BCUT2D eigenvalue weighted by Gasteiger charge is 2.02. The Morgan fingerprint density at radius 2 is 2.21 bits per heavy atom. The van der Waals surface area contributed by atoms with Crippen LogP contribution in [0.2, 0.25) is 0 Å². The van der Waals surface area contributed by atoms with Crippen LogP contribution >= 0.6 is 0 Å². The van der Waals surface area contributed by atoms with Crippen LogP contribution in [0.3, 0.4) is 0 Å². The van der Waals surface area contributed by atoms with E-state index < -0.39 is 0 Å². The van der Waals surface area contributed by atoms with Crippen molar-refractivity contribution >= 4 is 5.97 Å². The number of carbonyl (C=O) groups excluding carboxylic acids is 1. The Balaban J connectivity index is 3.75. The number of hydrogen-bond acceptors (Lipinski definition) is 3. The van der Waals surface area contributed by atoms with E-state index in [1.165, 1.54) is 13.5 Å². The lowest BCUT2D eigenvalue weighted by atomic mass is 10.2. The van der Waals surface area contributed by atoms with Crippen molar-refractivity contribution in [1.29, 1.82) is 0 Å². The van der Waals surface area contributed by atoms with E-state index in [9.17, 15) is 4.79 Å². The molecular weight excluding hydrogens is 178 g/mol. The third-order valence-corrected chi connectivity index (χ3v) is 2.10. The van der Waals surface area contributed by atoms with E-state index in [1.54, 1.807) is 6.92 Å². The highest BCUT2D eigenvalue weighted by molar-refractivity contribution is 5.87. The normalized spacial score (nSPS) is 13.9. The number of rotatable bonds is 6. The summed E-state index contributed by atoms with van der Waals surface area (Å²) in [5, 5.41) is 3.31. The topological polar surface area (TPSA) is 38.3 Å². The number of hydrogen-bond donors (Lipinski definition) is 1. The average Bonchev–Trinajstić information content (AvgIpc) is 2.16. The molecule has 1 N–H and O–H groups in total. The van der Waals surface area contributed by atoms with Gasteiger partial charge < -0.3 is 10.1 Å². The molecule has 0 saturated carbocycles. The second-order valence-corrected chi connectivity index (χ2v) is 3.48. The van der Waals surface area contributed by atoms with Crippen molar-refractivity contribution in [2.45, 2.75) is 39.7 Å². The Morgan fingerprint density at radius 3 is 2.71 bits per heavy atom. The van der Waals surface area contributed by atoms with Gasteiger partial charge in [0.2, 0.25) is 0 Å². The van der Waals surface area contributed by atoms with Gasteiger partial charge in [0.25, 0.3) is 0 Å². The molecule has 0 heterocycles. The molecule has 1 unspecified atom stereocenters. The number of ether oxygens (including phenoxy) is 1. The van der Waals surface area contributed by atoms with Gasteiger partial charge in [0.1, 0.15) is 0 Å². The summed E-state index contributed by atoms with van der Waals surface area (Å²) in [6.45, 7) is 6.79. The molecule has 0 rings (SSSR count). The van der Waals surface area contributed by atoms with Crippen LogP contribution in [-0.4, -0.2) is 25.7 Å². The summed E-state index contributed by atoms with van der Waals surface area (Å²) in [5.74, 6) is -0.255. The molecule has 3 nitrogen and oxygen atoms in total. The Morgan fingerprint density at radius 1 is 1.57 bits per heavy atom. The minimum Gasteiger partial charge on any atom is -0.466 e. The summed E-state index contributed by atoms with van der Waals surface area (Å²) in [7, 11) is 1.40. The molecule has 0 bridgehead atoms. The predicted molar refractivity (Wildman–Crippen MR) is 58.1 cm³/mol. The second kappa shape index (κ2) is 7.56. The maximum Gasteiger partial charge on any atom is 0.333 e. The number of methoxy groups -OCH3 is 1. The van der Waals surface area contributed by atoms with Gasteiger partial charge in [-0.15, -0.1) is 0 Å². The SMILES string of the molecule is CCCC(C)NC/C=C(/C)C(=O)OC. The predicted octanol–water partition coefficient (Wildman–Crippen LogP) is 1.88. The van der Waals surface area contributed by atoms with Crippen LogP contribution in [0.4, 0.5) is 0 Å². The zero-order valence-corrected chi connectivity index (χ0v) is 9.59. The van der Waals surface area contributed by atoms with Gasteiger partial charge in [-0.05, 0) is 20.3 Å². The van der Waals surface area contributed by atoms with Gasteiger partial charge in [-0.3, -0.25) is 0 Å². The molecule has 0 aliphatic carbocycles. The third-order valence-electron chi connectivity index (χ3n) is 2.10. The highest BCUT2D eigenvalue weighted by Crippen LogP contribution is 1.96. The van der Waals surface area contributed by atoms with Gasteiger partial charge in [-0.25, -0.2) is 4.79 Å². The average molecular weight is 199 g/mol. The first kappa shape index (κ1) is 13.2. The molecule has 0 aliphatic heterocycles. The monoisotopic (exact) mass is 199 g/mol. The summed E-state index contributed by atoms with van der Waals surface area (Å²) in [5.41, 5.74) is 0.656. The molecule has 14 heavy (non-hydrogen) atoms. The maximum atomic E-state index is 11.0. The minimum absolute atomic E-state index is 0.255. The Labute approximate surface area is 86.5 Å². The lowest BCUT2D eigenvalue weighted by molar-refractivity contribution is -0.136. The fourth-order valence-corrected chi connectivity index (χ4v) is 1.19. The molecule has 0 aromatic carbocycles. The van der Waals surface area contributed by atoms with Gasteiger partial charge >= 0.3 is 5.97 Å². The Kier molecular flexibility index (Phi) is 7.11. The van der Waals surface area contributed by atoms with Crippen LogP contribution in [0, 0.1) is 0 Å². The van der Waals surface area contributed by atoms with Crippen LogP contribution in [0.5, 0.6) is 0 Å². The molecule has 0 aliphatic rings. The van der Waals surface area contributed by atoms with Crippen LogP contribution in [-0.2, 0) is 9.53 Å². The molecule has 0 spiro atoms. The van der Waals surface area contributed by atoms with Crippen molar-refractivity contribution in [3.8, 4) is 0 Å². The summed E-state index contributed by atoms with van der Waals surface area (Å²) in [6, 6.07) is 0.502. The number of carbonyl (C=O) groups is 1. The van der Waals surface area contributed by atoms with Crippen molar-refractivity contribution in [2.24, 2.45) is 0 Å².